The summed E-state index contributed by atoms with van der Waals surface area (Å²) in [6, 6.07) is 12.5. The van der Waals surface area contributed by atoms with Gasteiger partial charge in [-0.1, -0.05) is 6.07 Å². The molecule has 0 aliphatic carbocycles. The van der Waals surface area contributed by atoms with E-state index in [0.717, 1.165) is 41.9 Å². The Morgan fingerprint density at radius 3 is 2.46 bits per heavy atom. The van der Waals surface area contributed by atoms with Gasteiger partial charge >= 0.3 is 0 Å². The Labute approximate surface area is 207 Å². The van der Waals surface area contributed by atoms with Gasteiger partial charge in [0.05, 0.1) is 25.2 Å². The van der Waals surface area contributed by atoms with Crippen LogP contribution in [0.4, 0.5) is 11.4 Å². The molecule has 0 spiro atoms. The molecule has 35 heavy (non-hydrogen) atoms. The third kappa shape index (κ3) is 4.20. The average Bonchev–Trinajstić information content (AvgIpc) is 3.61. The van der Waals surface area contributed by atoms with Crippen molar-refractivity contribution in [2.45, 2.75) is 25.3 Å². The van der Waals surface area contributed by atoms with E-state index >= 15 is 0 Å². The number of rotatable bonds is 6. The maximum atomic E-state index is 13.8. The predicted molar refractivity (Wildman–Crippen MR) is 135 cm³/mol. The van der Waals surface area contributed by atoms with E-state index < -0.39 is 0 Å². The summed E-state index contributed by atoms with van der Waals surface area (Å²) in [7, 11) is 3.20. The molecule has 1 atom stereocenters. The second-order valence-corrected chi connectivity index (χ2v) is 9.71. The molecule has 0 N–H and O–H groups in total. The molecule has 0 radical (unpaired) electrons. The number of hydrogen-bond donors (Lipinski definition) is 0. The van der Waals surface area contributed by atoms with E-state index in [2.05, 4.69) is 0 Å². The van der Waals surface area contributed by atoms with Crippen molar-refractivity contribution >= 4 is 28.6 Å². The smallest absolute Gasteiger partial charge is 0.293 e. The van der Waals surface area contributed by atoms with Crippen LogP contribution in [-0.2, 0) is 6.42 Å². The number of methoxy groups -OCH3 is 2. The zero-order valence-electron chi connectivity index (χ0n) is 19.7. The highest BCUT2D eigenvalue weighted by molar-refractivity contribution is 7.10. The zero-order valence-corrected chi connectivity index (χ0v) is 20.5. The van der Waals surface area contributed by atoms with E-state index in [0.29, 0.717) is 35.7 Å². The Morgan fingerprint density at radius 1 is 1.06 bits per heavy atom. The summed E-state index contributed by atoms with van der Waals surface area (Å²) in [6.07, 6.45) is 2.68. The van der Waals surface area contributed by atoms with Crippen LogP contribution in [0.25, 0.3) is 0 Å². The Hall–Kier alpha value is -3.59. The number of ether oxygens (including phenoxy) is 2. The van der Waals surface area contributed by atoms with Gasteiger partial charge in [-0.3, -0.25) is 14.9 Å². The maximum absolute atomic E-state index is 13.8. The Kier molecular flexibility index (Phi) is 6.34. The molecule has 2 aromatic carbocycles. The van der Waals surface area contributed by atoms with E-state index in [9.17, 15) is 14.9 Å². The van der Waals surface area contributed by atoms with E-state index in [4.69, 9.17) is 9.47 Å². The summed E-state index contributed by atoms with van der Waals surface area (Å²) >= 11 is 1.58. The number of nitro benzene ring substituents is 1. The number of benzene rings is 2. The van der Waals surface area contributed by atoms with Gasteiger partial charge in [0.25, 0.3) is 11.6 Å². The highest BCUT2D eigenvalue weighted by Gasteiger charge is 2.35. The summed E-state index contributed by atoms with van der Waals surface area (Å²) in [5.41, 5.74) is 2.97. The number of anilines is 1. The summed E-state index contributed by atoms with van der Waals surface area (Å²) in [6.45, 7) is 2.08. The van der Waals surface area contributed by atoms with Crippen LogP contribution in [0.15, 0.2) is 47.8 Å². The van der Waals surface area contributed by atoms with E-state index in [1.54, 1.807) is 37.7 Å². The molecule has 9 heteroatoms. The Balaban J connectivity index is 1.55. The van der Waals surface area contributed by atoms with Crippen molar-refractivity contribution in [2.24, 2.45) is 0 Å². The molecule has 3 heterocycles. The molecule has 5 rings (SSSR count). The van der Waals surface area contributed by atoms with Gasteiger partial charge in [0.2, 0.25) is 0 Å². The molecule has 1 unspecified atom stereocenters. The molecule has 1 aromatic heterocycles. The topological polar surface area (TPSA) is 85.2 Å². The first-order valence-electron chi connectivity index (χ1n) is 11.6. The molecule has 1 fully saturated rings. The van der Waals surface area contributed by atoms with Gasteiger partial charge in [0.15, 0.2) is 11.5 Å². The summed E-state index contributed by atoms with van der Waals surface area (Å²) in [5.74, 6) is 1.04. The lowest BCUT2D eigenvalue weighted by Gasteiger charge is -2.37. The monoisotopic (exact) mass is 493 g/mol. The maximum Gasteiger partial charge on any atom is 0.293 e. The number of nitrogens with zero attached hydrogens (tertiary/aromatic N) is 3. The van der Waals surface area contributed by atoms with E-state index in [1.807, 2.05) is 39.4 Å². The summed E-state index contributed by atoms with van der Waals surface area (Å²) in [4.78, 5) is 30.2. The van der Waals surface area contributed by atoms with Crippen LogP contribution in [-0.4, -0.2) is 49.6 Å². The van der Waals surface area contributed by atoms with Crippen molar-refractivity contribution in [3.63, 3.8) is 0 Å². The molecule has 1 saturated heterocycles. The second kappa shape index (κ2) is 9.58. The second-order valence-electron chi connectivity index (χ2n) is 8.73. The van der Waals surface area contributed by atoms with Crippen LogP contribution >= 0.6 is 11.3 Å². The molecular weight excluding hydrogens is 466 g/mol. The van der Waals surface area contributed by atoms with Gasteiger partial charge in [-0.25, -0.2) is 0 Å². The van der Waals surface area contributed by atoms with Gasteiger partial charge < -0.3 is 19.3 Å². The van der Waals surface area contributed by atoms with Gasteiger partial charge in [0, 0.05) is 36.1 Å². The van der Waals surface area contributed by atoms with Gasteiger partial charge in [-0.05, 0) is 66.1 Å². The van der Waals surface area contributed by atoms with Gasteiger partial charge in [0.1, 0.15) is 5.69 Å². The van der Waals surface area contributed by atoms with E-state index in [1.165, 1.54) is 6.07 Å². The first kappa shape index (κ1) is 23.2. The molecule has 8 nitrogen and oxygen atoms in total. The number of nitro groups is 1. The van der Waals surface area contributed by atoms with Crippen molar-refractivity contribution in [3.05, 3.63) is 79.5 Å². The van der Waals surface area contributed by atoms with Gasteiger partial charge in [-0.15, -0.1) is 11.3 Å². The fourth-order valence-electron chi connectivity index (χ4n) is 5.11. The van der Waals surface area contributed by atoms with Crippen molar-refractivity contribution in [1.29, 1.82) is 0 Å². The number of carbonyl (C=O) groups excluding carboxylic acids is 1. The predicted octanol–water partition coefficient (Wildman–Crippen LogP) is 5.06. The molecule has 0 saturated carbocycles. The number of amides is 1. The Morgan fingerprint density at radius 2 is 1.80 bits per heavy atom. The lowest BCUT2D eigenvalue weighted by Crippen LogP contribution is -2.40. The molecule has 2 aliphatic rings. The summed E-state index contributed by atoms with van der Waals surface area (Å²) in [5, 5.41) is 13.9. The van der Waals surface area contributed by atoms with Crippen molar-refractivity contribution < 1.29 is 19.2 Å². The fourth-order valence-corrected chi connectivity index (χ4v) is 5.97. The number of hydrogen-bond acceptors (Lipinski definition) is 7. The lowest BCUT2D eigenvalue weighted by atomic mass is 9.90. The van der Waals surface area contributed by atoms with Crippen molar-refractivity contribution in [2.75, 3.05) is 38.8 Å². The third-order valence-corrected chi connectivity index (χ3v) is 7.74. The normalized spacial score (nSPS) is 17.3. The molecular formula is C26H27N3O5S. The van der Waals surface area contributed by atoms with Crippen LogP contribution in [0.2, 0.25) is 0 Å². The minimum absolute atomic E-state index is 0.0192. The minimum atomic E-state index is -0.385. The first-order chi connectivity index (χ1) is 17.0. The zero-order chi connectivity index (χ0) is 24.5. The summed E-state index contributed by atoms with van der Waals surface area (Å²) < 4.78 is 11.0. The SMILES string of the molecule is COc1cc2c(cc1OC)C(c1cccs1)N(C(=O)c1ccc(N3CCCC3)c([N+](=O)[O-])c1)CC2. The van der Waals surface area contributed by atoms with Crippen LogP contribution in [0.3, 0.4) is 0 Å². The molecule has 2 aliphatic heterocycles. The molecule has 0 bridgehead atoms. The molecule has 3 aromatic rings. The largest absolute Gasteiger partial charge is 0.493 e. The molecule has 182 valence electrons. The number of thiophene rings is 1. The van der Waals surface area contributed by atoms with Crippen LogP contribution in [0.1, 0.15) is 45.2 Å². The van der Waals surface area contributed by atoms with Crippen molar-refractivity contribution in [1.82, 2.24) is 4.90 Å². The Bertz CT molecular complexity index is 1250. The average molecular weight is 494 g/mol. The van der Waals surface area contributed by atoms with Crippen LogP contribution < -0.4 is 14.4 Å². The van der Waals surface area contributed by atoms with Crippen molar-refractivity contribution in [3.8, 4) is 11.5 Å². The standard InChI is InChI=1S/C26H27N3O5S/c1-33-22-15-17-9-12-28(25(24-6-5-13-35-24)19(17)16-23(22)34-2)26(30)18-7-8-20(21(14-18)29(31)32)27-10-3-4-11-27/h5-8,13-16,25H,3-4,9-12H2,1-2H3. The number of fused-ring (bicyclic) bond motifs is 1. The quantitative estimate of drug-likeness (QED) is 0.352. The van der Waals surface area contributed by atoms with Gasteiger partial charge in [-0.2, -0.15) is 0 Å². The highest BCUT2D eigenvalue weighted by Crippen LogP contribution is 2.43. The lowest BCUT2D eigenvalue weighted by molar-refractivity contribution is -0.384. The highest BCUT2D eigenvalue weighted by atomic mass is 32.1. The first-order valence-corrected chi connectivity index (χ1v) is 12.5. The third-order valence-electron chi connectivity index (χ3n) is 6.81. The molecule has 1 amide bonds. The van der Waals surface area contributed by atoms with E-state index in [-0.39, 0.29) is 22.6 Å². The fraction of sp³-hybridized carbons (Fsp3) is 0.346. The van der Waals surface area contributed by atoms with Crippen LogP contribution in [0, 0.1) is 10.1 Å². The minimum Gasteiger partial charge on any atom is -0.493 e. The number of carbonyl (C=O) groups is 1. The van der Waals surface area contributed by atoms with Crippen LogP contribution in [0.5, 0.6) is 11.5 Å².